The van der Waals surface area contributed by atoms with E-state index in [1.54, 1.807) is 0 Å². The van der Waals surface area contributed by atoms with E-state index in [-0.39, 0.29) is 0 Å². The average molecular weight is 284 g/mol. The van der Waals surface area contributed by atoms with Crippen molar-refractivity contribution in [3.05, 3.63) is 48.5 Å². The maximum Gasteiger partial charge on any atom is 0.0174 e. The monoisotopic (exact) mass is 284 g/mol. The molecule has 16 heavy (non-hydrogen) atoms. The molecule has 0 atom stereocenters. The van der Waals surface area contributed by atoms with Gasteiger partial charge in [0.05, 0.1) is 0 Å². The second kappa shape index (κ2) is 7.22. The molecule has 0 radical (unpaired) electrons. The lowest BCUT2D eigenvalue weighted by Crippen LogP contribution is -1.65. The molecule has 0 aromatic heterocycles. The molecule has 0 aliphatic rings. The highest BCUT2D eigenvalue weighted by Gasteiger charge is 1.86. The lowest BCUT2D eigenvalue weighted by Gasteiger charge is -1.91. The van der Waals surface area contributed by atoms with E-state index in [1.165, 1.54) is 0 Å². The molecule has 4 heteroatoms. The SMILES string of the molecule is Sc1cccc(S)c1.Sc1ccccc1S. The fraction of sp³-hybridized carbons (Fsp3) is 0. The molecular formula is C12H12S4. The van der Waals surface area contributed by atoms with Crippen LogP contribution in [-0.4, -0.2) is 0 Å². The molecule has 0 saturated heterocycles. The highest BCUT2D eigenvalue weighted by molar-refractivity contribution is 7.83. The summed E-state index contributed by atoms with van der Waals surface area (Å²) in [4.78, 5) is 3.77. The van der Waals surface area contributed by atoms with Crippen LogP contribution in [0.25, 0.3) is 0 Å². The van der Waals surface area contributed by atoms with E-state index in [2.05, 4.69) is 50.5 Å². The van der Waals surface area contributed by atoms with Crippen LogP contribution in [-0.2, 0) is 0 Å². The van der Waals surface area contributed by atoms with Gasteiger partial charge in [-0.25, -0.2) is 0 Å². The Morgan fingerprint density at radius 1 is 0.562 bits per heavy atom. The van der Waals surface area contributed by atoms with Crippen molar-refractivity contribution in [2.24, 2.45) is 0 Å². The van der Waals surface area contributed by atoms with E-state index in [0.29, 0.717) is 0 Å². The van der Waals surface area contributed by atoms with Crippen molar-refractivity contribution in [2.45, 2.75) is 19.6 Å². The molecule has 0 spiro atoms. The average Bonchev–Trinajstić information content (AvgIpc) is 2.23. The number of hydrogen-bond donors (Lipinski definition) is 4. The molecule has 2 rings (SSSR count). The maximum atomic E-state index is 4.12. The van der Waals surface area contributed by atoms with Gasteiger partial charge in [-0.05, 0) is 30.3 Å². The fourth-order valence-corrected chi connectivity index (χ4v) is 1.83. The molecule has 0 heterocycles. The van der Waals surface area contributed by atoms with Crippen LogP contribution in [0, 0.1) is 0 Å². The van der Waals surface area contributed by atoms with Crippen molar-refractivity contribution < 1.29 is 0 Å². The summed E-state index contributed by atoms with van der Waals surface area (Å²) in [6.07, 6.45) is 0. The summed E-state index contributed by atoms with van der Waals surface area (Å²) in [6.45, 7) is 0. The van der Waals surface area contributed by atoms with Gasteiger partial charge in [0.2, 0.25) is 0 Å². The molecular weight excluding hydrogens is 272 g/mol. The van der Waals surface area contributed by atoms with Crippen LogP contribution in [0.1, 0.15) is 0 Å². The Balaban J connectivity index is 0.000000160. The third-order valence-corrected chi connectivity index (χ3v) is 3.22. The molecule has 0 saturated carbocycles. The molecule has 2 aromatic carbocycles. The molecule has 0 unspecified atom stereocenters. The molecule has 84 valence electrons. The first-order valence-corrected chi connectivity index (χ1v) is 6.33. The van der Waals surface area contributed by atoms with Crippen LogP contribution in [0.15, 0.2) is 68.1 Å². The van der Waals surface area contributed by atoms with E-state index in [0.717, 1.165) is 19.6 Å². The topological polar surface area (TPSA) is 0 Å². The zero-order chi connectivity index (χ0) is 12.0. The van der Waals surface area contributed by atoms with Gasteiger partial charge in [0.15, 0.2) is 0 Å². The van der Waals surface area contributed by atoms with Gasteiger partial charge < -0.3 is 0 Å². The zero-order valence-corrected chi connectivity index (χ0v) is 12.0. The van der Waals surface area contributed by atoms with Gasteiger partial charge in [-0.3, -0.25) is 0 Å². The maximum absolute atomic E-state index is 4.12. The second-order valence-corrected chi connectivity index (χ2v) is 5.00. The van der Waals surface area contributed by atoms with E-state index in [4.69, 9.17) is 0 Å². The molecule has 0 fully saturated rings. The normalized spacial score (nSPS) is 9.25. The zero-order valence-electron chi connectivity index (χ0n) is 8.41. The quantitative estimate of drug-likeness (QED) is 0.502. The van der Waals surface area contributed by atoms with Gasteiger partial charge in [0, 0.05) is 19.6 Å². The van der Waals surface area contributed by atoms with Gasteiger partial charge in [-0.1, -0.05) is 18.2 Å². The summed E-state index contributed by atoms with van der Waals surface area (Å²) >= 11 is 16.5. The third kappa shape index (κ3) is 5.25. The minimum atomic E-state index is 0.927. The number of hydrogen-bond acceptors (Lipinski definition) is 4. The van der Waals surface area contributed by atoms with Crippen molar-refractivity contribution in [2.75, 3.05) is 0 Å². The third-order valence-electron chi connectivity index (χ3n) is 1.71. The van der Waals surface area contributed by atoms with E-state index >= 15 is 0 Å². The standard InChI is InChI=1S/2C6H6S2/c7-5-2-1-3-6(8)4-5;7-5-3-1-2-4-6(5)8/h2*1-4,7-8H. The molecule has 0 N–H and O–H groups in total. The van der Waals surface area contributed by atoms with Gasteiger partial charge >= 0.3 is 0 Å². The Morgan fingerprint density at radius 2 is 1.00 bits per heavy atom. The first-order valence-electron chi connectivity index (χ1n) is 4.54. The molecule has 0 bridgehead atoms. The van der Waals surface area contributed by atoms with Crippen molar-refractivity contribution in [1.82, 2.24) is 0 Å². The molecule has 0 nitrogen and oxygen atoms in total. The largest absolute Gasteiger partial charge is 0.143 e. The Labute approximate surface area is 118 Å². The predicted molar refractivity (Wildman–Crippen MR) is 81.9 cm³/mol. The summed E-state index contributed by atoms with van der Waals surface area (Å²) in [5.74, 6) is 0. The van der Waals surface area contributed by atoms with Crippen molar-refractivity contribution in [3.8, 4) is 0 Å². The minimum Gasteiger partial charge on any atom is -0.143 e. The molecule has 0 amide bonds. The highest BCUT2D eigenvalue weighted by atomic mass is 32.1. The summed E-state index contributed by atoms with van der Waals surface area (Å²) in [7, 11) is 0. The van der Waals surface area contributed by atoms with Crippen LogP contribution >= 0.6 is 50.5 Å². The summed E-state index contributed by atoms with van der Waals surface area (Å²) in [5.41, 5.74) is 0. The van der Waals surface area contributed by atoms with Crippen LogP contribution in [0.4, 0.5) is 0 Å². The first kappa shape index (κ1) is 13.9. The number of thiol groups is 4. The Bertz CT molecular complexity index is 416. The Morgan fingerprint density at radius 3 is 1.25 bits per heavy atom. The first-order chi connectivity index (χ1) is 7.59. The van der Waals surface area contributed by atoms with Crippen molar-refractivity contribution in [3.63, 3.8) is 0 Å². The molecule has 0 aliphatic carbocycles. The van der Waals surface area contributed by atoms with Crippen LogP contribution < -0.4 is 0 Å². The Kier molecular flexibility index (Phi) is 6.28. The van der Waals surface area contributed by atoms with Gasteiger partial charge in [-0.2, -0.15) is 0 Å². The molecule has 2 aromatic rings. The summed E-state index contributed by atoms with van der Waals surface area (Å²) in [5, 5.41) is 0. The number of benzene rings is 2. The lowest BCUT2D eigenvalue weighted by atomic mass is 10.4. The summed E-state index contributed by atoms with van der Waals surface area (Å²) in [6, 6.07) is 15.3. The predicted octanol–water partition coefficient (Wildman–Crippen LogP) is 4.53. The van der Waals surface area contributed by atoms with Gasteiger partial charge in [-0.15, -0.1) is 50.5 Å². The van der Waals surface area contributed by atoms with Gasteiger partial charge in [0.1, 0.15) is 0 Å². The van der Waals surface area contributed by atoms with Crippen molar-refractivity contribution >= 4 is 50.5 Å². The molecule has 0 aliphatic heterocycles. The highest BCUT2D eigenvalue weighted by Crippen LogP contribution is 2.15. The van der Waals surface area contributed by atoms with Crippen LogP contribution in [0.5, 0.6) is 0 Å². The van der Waals surface area contributed by atoms with E-state index in [1.807, 2.05) is 48.5 Å². The van der Waals surface area contributed by atoms with E-state index < -0.39 is 0 Å². The van der Waals surface area contributed by atoms with Crippen LogP contribution in [0.3, 0.4) is 0 Å². The smallest absolute Gasteiger partial charge is 0.0174 e. The van der Waals surface area contributed by atoms with Gasteiger partial charge in [0.25, 0.3) is 0 Å². The lowest BCUT2D eigenvalue weighted by molar-refractivity contribution is 1.27. The fourth-order valence-electron chi connectivity index (χ4n) is 0.957. The van der Waals surface area contributed by atoms with Crippen molar-refractivity contribution in [1.29, 1.82) is 0 Å². The second-order valence-electron chi connectivity index (χ2n) is 3.01. The Hall–Kier alpha value is -0.160. The van der Waals surface area contributed by atoms with Crippen LogP contribution in [0.2, 0.25) is 0 Å². The van der Waals surface area contributed by atoms with E-state index in [9.17, 15) is 0 Å². The minimum absolute atomic E-state index is 0.927. The number of rotatable bonds is 0. The summed E-state index contributed by atoms with van der Waals surface area (Å²) < 4.78 is 0.